The number of ketones is 1. The van der Waals surface area contributed by atoms with Gasteiger partial charge >= 0.3 is 0 Å². The summed E-state index contributed by atoms with van der Waals surface area (Å²) in [5.41, 5.74) is 3.45. The van der Waals surface area contributed by atoms with Crippen LogP contribution >= 0.6 is 22.7 Å². The molecule has 4 aromatic rings. The molecule has 4 heterocycles. The Morgan fingerprint density at radius 2 is 2.03 bits per heavy atom. The van der Waals surface area contributed by atoms with E-state index in [4.69, 9.17) is 0 Å². The summed E-state index contributed by atoms with van der Waals surface area (Å²) in [6.07, 6.45) is 7.30. The summed E-state index contributed by atoms with van der Waals surface area (Å²) >= 11 is 2.93. The van der Waals surface area contributed by atoms with Gasteiger partial charge < -0.3 is 10.6 Å². The van der Waals surface area contributed by atoms with Gasteiger partial charge in [-0.25, -0.2) is 4.98 Å². The van der Waals surface area contributed by atoms with E-state index in [1.165, 1.54) is 22.7 Å². The topological polar surface area (TPSA) is 84.0 Å². The zero-order valence-electron chi connectivity index (χ0n) is 19.4. The molecule has 0 saturated carbocycles. The zero-order chi connectivity index (χ0) is 24.0. The van der Waals surface area contributed by atoms with E-state index in [2.05, 4.69) is 32.7 Å². The molecule has 180 valence electrons. The Labute approximate surface area is 212 Å². The van der Waals surface area contributed by atoms with Crippen molar-refractivity contribution in [3.05, 3.63) is 81.9 Å². The van der Waals surface area contributed by atoms with Gasteiger partial charge in [0, 0.05) is 36.3 Å². The van der Waals surface area contributed by atoms with Crippen LogP contribution in [0.3, 0.4) is 0 Å². The van der Waals surface area contributed by atoms with Crippen LogP contribution in [-0.4, -0.2) is 34.7 Å². The molecule has 1 aliphatic rings. The molecule has 3 aromatic heterocycles. The van der Waals surface area contributed by atoms with Crippen LogP contribution in [0, 0.1) is 11.8 Å². The lowest BCUT2D eigenvalue weighted by Gasteiger charge is -2.38. The Morgan fingerprint density at radius 1 is 1.14 bits per heavy atom. The Kier molecular flexibility index (Phi) is 7.61. The molecule has 1 aliphatic heterocycles. The van der Waals surface area contributed by atoms with E-state index in [1.54, 1.807) is 17.9 Å². The van der Waals surface area contributed by atoms with Gasteiger partial charge in [0.1, 0.15) is 5.69 Å². The molecule has 0 aliphatic carbocycles. The number of amides is 1. The number of unbranched alkanes of at least 4 members (excludes halogenated alkanes) is 1. The van der Waals surface area contributed by atoms with Crippen molar-refractivity contribution in [3.63, 3.8) is 0 Å². The molecule has 0 bridgehead atoms. The predicted octanol–water partition coefficient (Wildman–Crippen LogP) is 5.50. The van der Waals surface area contributed by atoms with Crippen LogP contribution < -0.4 is 10.6 Å². The van der Waals surface area contributed by atoms with Gasteiger partial charge in [0.05, 0.1) is 15.1 Å². The van der Waals surface area contributed by atoms with Gasteiger partial charge in [-0.1, -0.05) is 36.8 Å². The number of pyridine rings is 1. The van der Waals surface area contributed by atoms with Crippen LogP contribution in [0.2, 0.25) is 0 Å². The first-order valence-electron chi connectivity index (χ1n) is 12.0. The number of nitrogens with one attached hydrogen (secondary N) is 2. The second kappa shape index (κ2) is 11.2. The third kappa shape index (κ3) is 5.50. The number of Topliss-reactive ketones (excluding diaryl/α,β-unsaturated/α-hetero) is 1. The number of nitrogens with zero attached hydrogens (tertiary/aromatic N) is 2. The summed E-state index contributed by atoms with van der Waals surface area (Å²) in [7, 11) is 0. The van der Waals surface area contributed by atoms with Gasteiger partial charge in [-0.2, -0.15) is 0 Å². The number of aromatic nitrogens is 2. The first-order valence-corrected chi connectivity index (χ1v) is 13.8. The van der Waals surface area contributed by atoms with Gasteiger partial charge in [0.15, 0.2) is 5.78 Å². The van der Waals surface area contributed by atoms with E-state index < -0.39 is 0 Å². The molecule has 3 unspecified atom stereocenters. The molecule has 1 fully saturated rings. The number of fused-ring (bicyclic) bond motifs is 1. The summed E-state index contributed by atoms with van der Waals surface area (Å²) in [6.45, 7) is 1.52. The maximum atomic E-state index is 13.5. The Hall–Kier alpha value is -2.94. The minimum atomic E-state index is -0.144. The van der Waals surface area contributed by atoms with Crippen LogP contribution in [0.5, 0.6) is 0 Å². The molecule has 3 atom stereocenters. The summed E-state index contributed by atoms with van der Waals surface area (Å²) in [5.74, 6) is 0.232. The molecule has 1 amide bonds. The van der Waals surface area contributed by atoms with E-state index in [-0.39, 0.29) is 29.6 Å². The highest BCUT2D eigenvalue weighted by Gasteiger charge is 2.39. The lowest BCUT2D eigenvalue weighted by atomic mass is 9.73. The van der Waals surface area contributed by atoms with Crippen molar-refractivity contribution >= 4 is 44.5 Å². The van der Waals surface area contributed by atoms with Gasteiger partial charge in [-0.3, -0.25) is 14.6 Å². The first-order chi connectivity index (χ1) is 17.2. The number of thiophene rings is 1. The maximum Gasteiger partial charge on any atom is 0.261 e. The van der Waals surface area contributed by atoms with Crippen LogP contribution in [0.25, 0.3) is 10.1 Å². The number of hydrogen-bond acceptors (Lipinski definition) is 7. The number of benzene rings is 1. The van der Waals surface area contributed by atoms with Crippen molar-refractivity contribution in [2.45, 2.75) is 31.7 Å². The molecule has 35 heavy (non-hydrogen) atoms. The fourth-order valence-corrected chi connectivity index (χ4v) is 6.49. The molecule has 1 saturated heterocycles. The standard InChI is InChI=1S/C27H28N4O2S2/c32-26(21-16-34-17-31-21)24-18(10-13-29-25(24)19-7-2-1-3-8-19)6-4-5-11-30-27(33)22-14-20-9-12-28-15-23(20)35-22/h1-3,7-9,12,14-18,24-25,29H,4-6,10-11,13H2,(H,30,33). The molecular formula is C27H28N4O2S2. The molecule has 5 rings (SSSR count). The Morgan fingerprint density at radius 3 is 2.83 bits per heavy atom. The van der Waals surface area contributed by atoms with E-state index >= 15 is 0 Å². The number of rotatable bonds is 9. The largest absolute Gasteiger partial charge is 0.351 e. The van der Waals surface area contributed by atoms with Crippen LogP contribution in [0.4, 0.5) is 0 Å². The first kappa shape index (κ1) is 23.8. The fraction of sp³-hybridized carbons (Fsp3) is 0.333. The molecule has 0 radical (unpaired) electrons. The van der Waals surface area contributed by atoms with Gasteiger partial charge in [0.25, 0.3) is 5.91 Å². The van der Waals surface area contributed by atoms with Crippen molar-refractivity contribution in [2.24, 2.45) is 11.8 Å². The number of hydrogen-bond donors (Lipinski definition) is 2. The van der Waals surface area contributed by atoms with E-state index in [1.807, 2.05) is 35.7 Å². The Balaban J connectivity index is 1.19. The zero-order valence-corrected chi connectivity index (χ0v) is 21.0. The molecule has 2 N–H and O–H groups in total. The second-order valence-corrected chi connectivity index (χ2v) is 10.7. The third-order valence-electron chi connectivity index (χ3n) is 6.73. The molecule has 8 heteroatoms. The second-order valence-electron chi connectivity index (χ2n) is 8.93. The summed E-state index contributed by atoms with van der Waals surface area (Å²) < 4.78 is 1.02. The summed E-state index contributed by atoms with van der Waals surface area (Å²) in [5, 5.41) is 9.55. The van der Waals surface area contributed by atoms with Gasteiger partial charge in [-0.05, 0) is 54.8 Å². The smallest absolute Gasteiger partial charge is 0.261 e. The number of carbonyl (C=O) groups excluding carboxylic acids is 2. The predicted molar refractivity (Wildman–Crippen MR) is 141 cm³/mol. The normalized spacial score (nSPS) is 20.1. The fourth-order valence-electron chi connectivity index (χ4n) is 5.00. The van der Waals surface area contributed by atoms with Crippen molar-refractivity contribution in [1.82, 2.24) is 20.6 Å². The van der Waals surface area contributed by atoms with Gasteiger partial charge in [0.2, 0.25) is 0 Å². The molecule has 0 spiro atoms. The summed E-state index contributed by atoms with van der Waals surface area (Å²) in [6, 6.07) is 14.1. The molecule has 6 nitrogen and oxygen atoms in total. The average Bonchev–Trinajstić information content (AvgIpc) is 3.59. The molecular weight excluding hydrogens is 476 g/mol. The SMILES string of the molecule is O=C(NCCCCC1CCNC(c2ccccc2)C1C(=O)c1cscn1)c1cc2ccncc2s1. The van der Waals surface area contributed by atoms with Crippen molar-refractivity contribution in [2.75, 3.05) is 13.1 Å². The monoisotopic (exact) mass is 504 g/mol. The van der Waals surface area contributed by atoms with Crippen molar-refractivity contribution < 1.29 is 9.59 Å². The Bertz CT molecular complexity index is 1240. The van der Waals surface area contributed by atoms with E-state index in [9.17, 15) is 9.59 Å². The minimum absolute atomic E-state index is 0.00805. The van der Waals surface area contributed by atoms with Crippen molar-refractivity contribution in [3.8, 4) is 0 Å². The lowest BCUT2D eigenvalue weighted by Crippen LogP contribution is -2.44. The summed E-state index contributed by atoms with van der Waals surface area (Å²) in [4.78, 5) is 35.2. The number of carbonyl (C=O) groups is 2. The van der Waals surface area contributed by atoms with Crippen LogP contribution in [0.15, 0.2) is 65.7 Å². The minimum Gasteiger partial charge on any atom is -0.351 e. The lowest BCUT2D eigenvalue weighted by molar-refractivity contribution is 0.0755. The van der Waals surface area contributed by atoms with Crippen molar-refractivity contribution in [1.29, 1.82) is 0 Å². The van der Waals surface area contributed by atoms with Crippen LogP contribution in [-0.2, 0) is 0 Å². The van der Waals surface area contributed by atoms with E-state index in [0.29, 0.717) is 17.1 Å². The van der Waals surface area contributed by atoms with E-state index in [0.717, 1.165) is 47.9 Å². The quantitative estimate of drug-likeness (QED) is 0.232. The van der Waals surface area contributed by atoms with Gasteiger partial charge in [-0.15, -0.1) is 22.7 Å². The average molecular weight is 505 g/mol. The molecule has 1 aromatic carbocycles. The number of piperidine rings is 1. The highest BCUT2D eigenvalue weighted by molar-refractivity contribution is 7.20. The third-order valence-corrected chi connectivity index (χ3v) is 8.40. The van der Waals surface area contributed by atoms with Crippen LogP contribution in [0.1, 0.15) is 57.4 Å². The maximum absolute atomic E-state index is 13.5. The number of thiazole rings is 1. The highest BCUT2D eigenvalue weighted by Crippen LogP contribution is 2.38. The highest BCUT2D eigenvalue weighted by atomic mass is 32.1.